The van der Waals surface area contributed by atoms with E-state index in [-0.39, 0.29) is 5.56 Å². The van der Waals surface area contributed by atoms with E-state index in [1.165, 1.54) is 18.2 Å². The van der Waals surface area contributed by atoms with Crippen LogP contribution in [-0.4, -0.2) is 10.9 Å². The maximum Gasteiger partial charge on any atom is 0.244 e. The van der Waals surface area contributed by atoms with Crippen LogP contribution in [0.5, 0.6) is 0 Å². The number of nitrogens with one attached hydrogen (secondary N) is 1. The Morgan fingerprint density at radius 3 is 2.62 bits per heavy atom. The van der Waals surface area contributed by atoms with Crippen molar-refractivity contribution in [3.8, 4) is 11.1 Å². The first-order valence-electron chi connectivity index (χ1n) is 8.74. The molecule has 0 radical (unpaired) electrons. The lowest BCUT2D eigenvalue weighted by Crippen LogP contribution is -2.25. The molecule has 0 saturated heterocycles. The number of pyridine rings is 1. The number of rotatable bonds is 6. The predicted molar refractivity (Wildman–Crippen MR) is 111 cm³/mol. The number of nitrogens with zero attached hydrogens (tertiary/aromatic N) is 1. The highest BCUT2D eigenvalue weighted by Gasteiger charge is 2.11. The molecule has 1 aromatic heterocycles. The molecule has 3 nitrogen and oxygen atoms in total. The summed E-state index contributed by atoms with van der Waals surface area (Å²) in [5.74, 6) is -1.85. The largest absolute Gasteiger partial charge is 0.342 e. The van der Waals surface area contributed by atoms with Crippen LogP contribution in [0.15, 0.2) is 79.5 Å². The number of aromatic nitrogens is 1. The summed E-state index contributed by atoms with van der Waals surface area (Å²) < 4.78 is 26.6. The van der Waals surface area contributed by atoms with Crippen molar-refractivity contribution >= 4 is 23.6 Å². The van der Waals surface area contributed by atoms with E-state index in [9.17, 15) is 13.6 Å². The average molecular weight is 411 g/mol. The molecule has 0 bridgehead atoms. The second-order valence-electron chi connectivity index (χ2n) is 6.22. The molecule has 0 aliphatic carbocycles. The van der Waals surface area contributed by atoms with Crippen LogP contribution in [0.2, 0.25) is 5.15 Å². The summed E-state index contributed by atoms with van der Waals surface area (Å²) in [5, 5.41) is 3.20. The van der Waals surface area contributed by atoms with Crippen LogP contribution < -0.4 is 5.32 Å². The van der Waals surface area contributed by atoms with Gasteiger partial charge < -0.3 is 5.32 Å². The number of hydrogen-bond donors (Lipinski definition) is 1. The van der Waals surface area contributed by atoms with E-state index in [0.29, 0.717) is 5.15 Å². The molecule has 0 spiro atoms. The molecule has 0 aliphatic heterocycles. The molecule has 0 saturated carbocycles. The van der Waals surface area contributed by atoms with Gasteiger partial charge in [-0.3, -0.25) is 4.79 Å². The van der Waals surface area contributed by atoms with E-state index in [2.05, 4.69) is 16.9 Å². The number of hydrogen-bond acceptors (Lipinski definition) is 2. The van der Waals surface area contributed by atoms with Crippen LogP contribution in [-0.2, 0) is 4.79 Å². The summed E-state index contributed by atoms with van der Waals surface area (Å²) in [4.78, 5) is 16.3. The molecule has 6 heteroatoms. The normalized spacial score (nSPS) is 12.0. The lowest BCUT2D eigenvalue weighted by atomic mass is 10.0. The molecule has 1 atom stereocenters. The maximum atomic E-state index is 13.7. The van der Waals surface area contributed by atoms with Gasteiger partial charge in [-0.15, -0.1) is 6.58 Å². The van der Waals surface area contributed by atoms with E-state index in [1.807, 2.05) is 30.3 Å². The van der Waals surface area contributed by atoms with Crippen LogP contribution in [0, 0.1) is 11.6 Å². The van der Waals surface area contributed by atoms with Crippen molar-refractivity contribution in [1.29, 1.82) is 0 Å². The monoisotopic (exact) mass is 410 g/mol. The van der Waals surface area contributed by atoms with E-state index < -0.39 is 23.6 Å². The number of carbonyl (C=O) groups is 1. The predicted octanol–water partition coefficient (Wildman–Crippen LogP) is 5.74. The van der Waals surface area contributed by atoms with Crippen LogP contribution in [0.1, 0.15) is 17.2 Å². The quantitative estimate of drug-likeness (QED) is 0.320. The average Bonchev–Trinajstić information content (AvgIpc) is 2.72. The van der Waals surface area contributed by atoms with E-state index in [0.717, 1.165) is 28.8 Å². The minimum atomic E-state index is -0.737. The van der Waals surface area contributed by atoms with Crippen molar-refractivity contribution in [3.05, 3.63) is 107 Å². The Morgan fingerprint density at radius 1 is 1.10 bits per heavy atom. The summed E-state index contributed by atoms with van der Waals surface area (Å²) in [6.07, 6.45) is 5.76. The Balaban J connectivity index is 1.75. The Hall–Kier alpha value is -3.31. The summed E-state index contributed by atoms with van der Waals surface area (Å²) in [6, 6.07) is 13.8. The number of benzene rings is 2. The summed E-state index contributed by atoms with van der Waals surface area (Å²) >= 11 is 5.83. The fraction of sp³-hybridized carbons (Fsp3) is 0.0435. The zero-order chi connectivity index (χ0) is 20.8. The van der Waals surface area contributed by atoms with Crippen LogP contribution >= 0.6 is 11.6 Å². The highest BCUT2D eigenvalue weighted by Crippen LogP contribution is 2.24. The molecule has 1 N–H and O–H groups in total. The van der Waals surface area contributed by atoms with E-state index in [1.54, 1.807) is 18.3 Å². The van der Waals surface area contributed by atoms with Gasteiger partial charge in [0.25, 0.3) is 0 Å². The summed E-state index contributed by atoms with van der Waals surface area (Å²) in [6.45, 7) is 3.78. The smallest absolute Gasteiger partial charge is 0.244 e. The van der Waals surface area contributed by atoms with Crippen LogP contribution in [0.25, 0.3) is 17.2 Å². The molecule has 0 fully saturated rings. The van der Waals surface area contributed by atoms with Gasteiger partial charge in [-0.1, -0.05) is 35.9 Å². The molecule has 29 heavy (non-hydrogen) atoms. The van der Waals surface area contributed by atoms with Gasteiger partial charge in [0, 0.05) is 29.5 Å². The van der Waals surface area contributed by atoms with Crippen molar-refractivity contribution in [2.75, 3.05) is 0 Å². The van der Waals surface area contributed by atoms with E-state index in [4.69, 9.17) is 11.6 Å². The molecule has 1 amide bonds. The van der Waals surface area contributed by atoms with Gasteiger partial charge in [0.2, 0.25) is 5.91 Å². The number of carbonyl (C=O) groups excluding carboxylic acids is 1. The topological polar surface area (TPSA) is 42.0 Å². The van der Waals surface area contributed by atoms with Crippen LogP contribution in [0.4, 0.5) is 8.78 Å². The molecule has 2 aromatic carbocycles. The van der Waals surface area contributed by atoms with Gasteiger partial charge in [-0.25, -0.2) is 13.8 Å². The molecule has 0 aliphatic rings. The zero-order valence-corrected chi connectivity index (χ0v) is 16.0. The standard InChI is InChI=1S/C23H17ClF2N2O/c1-2-21(28-23(29)11-8-15-6-9-19(25)13-20(15)26)17-5-3-4-16(12-17)18-7-10-22(24)27-14-18/h2-14,21H,1H2,(H,28,29)/b11-8+/t21-/m1/s1. The molecule has 3 aromatic rings. The highest BCUT2D eigenvalue weighted by molar-refractivity contribution is 6.29. The Morgan fingerprint density at radius 2 is 1.93 bits per heavy atom. The molecular formula is C23H17ClF2N2O. The zero-order valence-electron chi connectivity index (χ0n) is 15.3. The van der Waals surface area contributed by atoms with Crippen molar-refractivity contribution in [2.45, 2.75) is 6.04 Å². The third-order valence-electron chi connectivity index (χ3n) is 4.22. The van der Waals surface area contributed by atoms with Gasteiger partial charge in [-0.2, -0.15) is 0 Å². The van der Waals surface area contributed by atoms with Crippen molar-refractivity contribution in [1.82, 2.24) is 10.3 Å². The van der Waals surface area contributed by atoms with Gasteiger partial charge in [0.1, 0.15) is 16.8 Å². The second kappa shape index (κ2) is 9.26. The van der Waals surface area contributed by atoms with Gasteiger partial charge in [-0.05, 0) is 47.5 Å². The van der Waals surface area contributed by atoms with Crippen molar-refractivity contribution < 1.29 is 13.6 Å². The Labute approximate surface area is 172 Å². The SMILES string of the molecule is C=C[C@@H](NC(=O)/C=C/c1ccc(F)cc1F)c1cccc(-c2ccc(Cl)nc2)c1. The Kier molecular flexibility index (Phi) is 6.52. The lowest BCUT2D eigenvalue weighted by Gasteiger charge is -2.15. The summed E-state index contributed by atoms with van der Waals surface area (Å²) in [7, 11) is 0. The maximum absolute atomic E-state index is 13.7. The first kappa shape index (κ1) is 20.4. The fourth-order valence-corrected chi connectivity index (χ4v) is 2.85. The molecule has 1 heterocycles. The van der Waals surface area contributed by atoms with Gasteiger partial charge in [0.15, 0.2) is 0 Å². The van der Waals surface area contributed by atoms with E-state index >= 15 is 0 Å². The lowest BCUT2D eigenvalue weighted by molar-refractivity contribution is -0.116. The number of amides is 1. The minimum Gasteiger partial charge on any atom is -0.342 e. The highest BCUT2D eigenvalue weighted by atomic mass is 35.5. The molecular weight excluding hydrogens is 394 g/mol. The third kappa shape index (κ3) is 5.36. The fourth-order valence-electron chi connectivity index (χ4n) is 2.74. The minimum absolute atomic E-state index is 0.119. The molecule has 3 rings (SSSR count). The molecule has 146 valence electrons. The Bertz CT molecular complexity index is 1060. The first-order chi connectivity index (χ1) is 14.0. The summed E-state index contributed by atoms with van der Waals surface area (Å²) in [5.41, 5.74) is 2.74. The first-order valence-corrected chi connectivity index (χ1v) is 9.12. The van der Waals surface area contributed by atoms with Gasteiger partial charge in [0.05, 0.1) is 6.04 Å². The van der Waals surface area contributed by atoms with Gasteiger partial charge >= 0.3 is 0 Å². The van der Waals surface area contributed by atoms with Crippen molar-refractivity contribution in [2.24, 2.45) is 0 Å². The third-order valence-corrected chi connectivity index (χ3v) is 4.44. The second-order valence-corrected chi connectivity index (χ2v) is 6.60. The van der Waals surface area contributed by atoms with Crippen LogP contribution in [0.3, 0.4) is 0 Å². The molecule has 0 unspecified atom stereocenters. The van der Waals surface area contributed by atoms with Crippen molar-refractivity contribution in [3.63, 3.8) is 0 Å². The number of halogens is 3.